The van der Waals surface area contributed by atoms with Crippen molar-refractivity contribution in [2.75, 3.05) is 25.6 Å². The van der Waals surface area contributed by atoms with Gasteiger partial charge in [-0.15, -0.1) is 0 Å². The molecule has 0 fully saturated rings. The van der Waals surface area contributed by atoms with Crippen molar-refractivity contribution in [2.24, 2.45) is 0 Å². The first kappa shape index (κ1) is 20.3. The van der Waals surface area contributed by atoms with Crippen LogP contribution >= 0.6 is 11.6 Å². The van der Waals surface area contributed by atoms with Crippen LogP contribution in [-0.4, -0.2) is 38.0 Å². The lowest BCUT2D eigenvalue weighted by Crippen LogP contribution is -2.27. The molecule has 2 aromatic carbocycles. The number of hydrogen-bond donors (Lipinski definition) is 2. The summed E-state index contributed by atoms with van der Waals surface area (Å²) in [6.45, 7) is 0.0170. The lowest BCUT2D eigenvalue weighted by Gasteiger charge is -2.08. The van der Waals surface area contributed by atoms with Gasteiger partial charge in [0.15, 0.2) is 6.61 Å². The quantitative estimate of drug-likeness (QED) is 0.676. The van der Waals surface area contributed by atoms with Gasteiger partial charge >= 0.3 is 5.97 Å². The first-order chi connectivity index (χ1) is 13.0. The number of rotatable bonds is 8. The monoisotopic (exact) mass is 390 g/mol. The maximum absolute atomic E-state index is 11.9. The number of hydrogen-bond acceptors (Lipinski definition) is 5. The molecule has 0 spiro atoms. The molecule has 142 valence electrons. The van der Waals surface area contributed by atoms with Gasteiger partial charge in [-0.3, -0.25) is 9.59 Å². The van der Waals surface area contributed by atoms with Crippen molar-refractivity contribution in [3.63, 3.8) is 0 Å². The molecule has 0 heterocycles. The second-order valence-electron chi connectivity index (χ2n) is 5.45. The Hall–Kier alpha value is -3.06. The van der Waals surface area contributed by atoms with Crippen LogP contribution in [0.4, 0.5) is 5.69 Å². The minimum atomic E-state index is -0.479. The van der Waals surface area contributed by atoms with Gasteiger partial charge in [0.1, 0.15) is 5.75 Å². The molecule has 2 aromatic rings. The van der Waals surface area contributed by atoms with Crippen LogP contribution in [0.5, 0.6) is 5.75 Å². The van der Waals surface area contributed by atoms with E-state index < -0.39 is 5.97 Å². The van der Waals surface area contributed by atoms with E-state index in [4.69, 9.17) is 16.3 Å². The van der Waals surface area contributed by atoms with Crippen molar-refractivity contribution in [1.29, 1.82) is 0 Å². The fourth-order valence-corrected chi connectivity index (χ4v) is 2.18. The Balaban J connectivity index is 1.72. The smallest absolute Gasteiger partial charge is 0.343 e. The number of ether oxygens (including phenoxy) is 2. The number of anilines is 1. The lowest BCUT2D eigenvalue weighted by molar-refractivity contribution is -0.142. The van der Waals surface area contributed by atoms with Gasteiger partial charge in [-0.25, -0.2) is 4.79 Å². The third-order valence-electron chi connectivity index (χ3n) is 3.47. The zero-order valence-corrected chi connectivity index (χ0v) is 15.4. The highest BCUT2D eigenvalue weighted by Crippen LogP contribution is 2.16. The largest absolute Gasteiger partial charge is 0.482 e. The van der Waals surface area contributed by atoms with Crippen molar-refractivity contribution in [3.05, 3.63) is 59.1 Å². The number of nitrogens with one attached hydrogen (secondary N) is 2. The zero-order valence-electron chi connectivity index (χ0n) is 14.7. The molecule has 0 atom stereocenters. The number of amides is 2. The fourth-order valence-electron chi connectivity index (χ4n) is 2.05. The SMILES string of the molecule is COC(=O)COc1ccc(NC(=O)CCNC(=O)c2ccc(Cl)cc2)cc1. The Kier molecular flexibility index (Phi) is 7.63. The molecule has 2 N–H and O–H groups in total. The highest BCUT2D eigenvalue weighted by molar-refractivity contribution is 6.30. The van der Waals surface area contributed by atoms with Gasteiger partial charge in [-0.1, -0.05) is 11.6 Å². The molecule has 0 saturated carbocycles. The Labute approximate surface area is 161 Å². The van der Waals surface area contributed by atoms with Gasteiger partial charge in [0, 0.05) is 29.2 Å². The van der Waals surface area contributed by atoms with E-state index >= 15 is 0 Å². The van der Waals surface area contributed by atoms with Crippen molar-refractivity contribution in [3.8, 4) is 5.75 Å². The van der Waals surface area contributed by atoms with Crippen LogP contribution in [0.25, 0.3) is 0 Å². The van der Waals surface area contributed by atoms with Crippen LogP contribution < -0.4 is 15.4 Å². The maximum atomic E-state index is 11.9. The molecule has 0 saturated heterocycles. The number of carbonyl (C=O) groups is 3. The summed E-state index contributed by atoms with van der Waals surface area (Å²) in [5, 5.41) is 5.93. The topological polar surface area (TPSA) is 93.7 Å². The zero-order chi connectivity index (χ0) is 19.6. The van der Waals surface area contributed by atoms with Gasteiger partial charge in [-0.05, 0) is 48.5 Å². The van der Waals surface area contributed by atoms with Crippen LogP contribution in [0.1, 0.15) is 16.8 Å². The average Bonchev–Trinajstić information content (AvgIpc) is 2.67. The predicted molar refractivity (Wildman–Crippen MR) is 101 cm³/mol. The highest BCUT2D eigenvalue weighted by atomic mass is 35.5. The molecule has 0 bridgehead atoms. The standard InChI is InChI=1S/C19H19ClN2O5/c1-26-18(24)12-27-16-8-6-15(7-9-16)22-17(23)10-11-21-19(25)13-2-4-14(20)5-3-13/h2-9H,10-12H2,1H3,(H,21,25)(H,22,23). The van der Waals surface area contributed by atoms with E-state index in [1.165, 1.54) is 7.11 Å². The Morgan fingerprint density at radius 1 is 1.00 bits per heavy atom. The van der Waals surface area contributed by atoms with Gasteiger partial charge in [0.2, 0.25) is 5.91 Å². The molecule has 27 heavy (non-hydrogen) atoms. The number of benzene rings is 2. The number of halogens is 1. The van der Waals surface area contributed by atoms with E-state index in [1.54, 1.807) is 48.5 Å². The predicted octanol–water partition coefficient (Wildman–Crippen LogP) is 2.65. The lowest BCUT2D eigenvalue weighted by atomic mass is 10.2. The summed E-state index contributed by atoms with van der Waals surface area (Å²) in [5.74, 6) is -0.511. The Morgan fingerprint density at radius 2 is 1.67 bits per heavy atom. The summed E-state index contributed by atoms with van der Waals surface area (Å²) in [5.41, 5.74) is 1.05. The van der Waals surface area contributed by atoms with Crippen molar-refractivity contribution in [2.45, 2.75) is 6.42 Å². The molecular weight excluding hydrogens is 372 g/mol. The molecule has 7 nitrogen and oxygen atoms in total. The Morgan fingerprint density at radius 3 is 2.30 bits per heavy atom. The summed E-state index contributed by atoms with van der Waals surface area (Å²) in [6.07, 6.45) is 0.125. The first-order valence-electron chi connectivity index (χ1n) is 8.11. The van der Waals surface area contributed by atoms with E-state index in [9.17, 15) is 14.4 Å². The number of carbonyl (C=O) groups excluding carboxylic acids is 3. The molecule has 0 aliphatic rings. The van der Waals surface area contributed by atoms with Crippen LogP contribution in [0.3, 0.4) is 0 Å². The van der Waals surface area contributed by atoms with Crippen LogP contribution in [-0.2, 0) is 14.3 Å². The molecule has 8 heteroatoms. The second-order valence-corrected chi connectivity index (χ2v) is 5.89. The molecule has 0 aliphatic heterocycles. The number of methoxy groups -OCH3 is 1. The van der Waals surface area contributed by atoms with E-state index in [1.807, 2.05) is 0 Å². The van der Waals surface area contributed by atoms with Gasteiger partial charge < -0.3 is 20.1 Å². The third-order valence-corrected chi connectivity index (χ3v) is 3.72. The van der Waals surface area contributed by atoms with Gasteiger partial charge in [0.25, 0.3) is 5.91 Å². The summed E-state index contributed by atoms with van der Waals surface area (Å²) in [4.78, 5) is 34.9. The minimum absolute atomic E-state index is 0.125. The van der Waals surface area contributed by atoms with E-state index in [0.29, 0.717) is 22.0 Å². The molecule has 0 radical (unpaired) electrons. The summed E-state index contributed by atoms with van der Waals surface area (Å²) >= 11 is 5.77. The molecule has 0 unspecified atom stereocenters. The average molecular weight is 391 g/mol. The minimum Gasteiger partial charge on any atom is -0.482 e. The van der Waals surface area contributed by atoms with Gasteiger partial charge in [0.05, 0.1) is 7.11 Å². The first-order valence-corrected chi connectivity index (χ1v) is 8.49. The summed E-state index contributed by atoms with van der Waals surface area (Å²) < 4.78 is 9.70. The maximum Gasteiger partial charge on any atom is 0.343 e. The van der Waals surface area contributed by atoms with E-state index in [-0.39, 0.29) is 31.4 Å². The van der Waals surface area contributed by atoms with E-state index in [2.05, 4.69) is 15.4 Å². The Bertz CT molecular complexity index is 791. The number of esters is 1. The fraction of sp³-hybridized carbons (Fsp3) is 0.211. The molecule has 2 rings (SSSR count). The molecule has 0 aliphatic carbocycles. The molecule has 2 amide bonds. The van der Waals surface area contributed by atoms with Crippen molar-refractivity contribution >= 4 is 35.1 Å². The van der Waals surface area contributed by atoms with Crippen molar-refractivity contribution in [1.82, 2.24) is 5.32 Å². The van der Waals surface area contributed by atoms with E-state index in [0.717, 1.165) is 0 Å². The van der Waals surface area contributed by atoms with Crippen molar-refractivity contribution < 1.29 is 23.9 Å². The van der Waals surface area contributed by atoms with Crippen LogP contribution in [0.2, 0.25) is 5.02 Å². The third kappa shape index (κ3) is 6.99. The summed E-state index contributed by atoms with van der Waals surface area (Å²) in [7, 11) is 1.28. The molecule has 0 aromatic heterocycles. The summed E-state index contributed by atoms with van der Waals surface area (Å²) in [6, 6.07) is 13.0. The van der Waals surface area contributed by atoms with Gasteiger partial charge in [-0.2, -0.15) is 0 Å². The van der Waals surface area contributed by atoms with Crippen LogP contribution in [0, 0.1) is 0 Å². The second kappa shape index (κ2) is 10.2. The normalized spacial score (nSPS) is 10.0. The highest BCUT2D eigenvalue weighted by Gasteiger charge is 2.07. The molecular formula is C19H19ClN2O5. The van der Waals surface area contributed by atoms with Crippen LogP contribution in [0.15, 0.2) is 48.5 Å².